The van der Waals surface area contributed by atoms with Crippen LogP contribution >= 0.6 is 0 Å². The summed E-state index contributed by atoms with van der Waals surface area (Å²) in [6.07, 6.45) is 1.53. The van der Waals surface area contributed by atoms with Crippen LogP contribution in [0.2, 0.25) is 0 Å². The number of hydrogen-bond acceptors (Lipinski definition) is 3. The van der Waals surface area contributed by atoms with E-state index in [2.05, 4.69) is 17.0 Å². The largest absolute Gasteiger partial charge is 0.477 e. The SMILES string of the molecule is CN1CC(Cn2nccc2C(=O)O)C1. The van der Waals surface area contributed by atoms with Crippen LogP contribution in [0.3, 0.4) is 0 Å². The highest BCUT2D eigenvalue weighted by atomic mass is 16.4. The molecular formula is C9H13N3O2. The first kappa shape index (κ1) is 9.21. The molecule has 0 atom stereocenters. The van der Waals surface area contributed by atoms with Gasteiger partial charge in [0, 0.05) is 31.7 Å². The number of hydrogen-bond donors (Lipinski definition) is 1. The molecule has 1 aromatic rings. The molecule has 0 spiro atoms. The minimum absolute atomic E-state index is 0.277. The smallest absolute Gasteiger partial charge is 0.354 e. The molecule has 1 aliphatic rings. The van der Waals surface area contributed by atoms with Gasteiger partial charge in [0.05, 0.1) is 0 Å². The first-order valence-corrected chi connectivity index (χ1v) is 4.60. The number of carboxylic acid groups (broad SMARTS) is 1. The monoisotopic (exact) mass is 195 g/mol. The molecule has 5 heteroatoms. The summed E-state index contributed by atoms with van der Waals surface area (Å²) >= 11 is 0. The number of nitrogens with zero attached hydrogens (tertiary/aromatic N) is 3. The number of likely N-dealkylation sites (tertiary alicyclic amines) is 1. The summed E-state index contributed by atoms with van der Waals surface area (Å²) < 4.78 is 1.57. The van der Waals surface area contributed by atoms with Crippen LogP contribution in [-0.2, 0) is 6.54 Å². The van der Waals surface area contributed by atoms with Crippen LogP contribution in [0.4, 0.5) is 0 Å². The highest BCUT2D eigenvalue weighted by Gasteiger charge is 2.25. The maximum atomic E-state index is 10.8. The molecule has 1 aliphatic heterocycles. The third kappa shape index (κ3) is 1.63. The highest BCUT2D eigenvalue weighted by Crippen LogP contribution is 2.15. The minimum atomic E-state index is -0.907. The summed E-state index contributed by atoms with van der Waals surface area (Å²) in [4.78, 5) is 13.0. The lowest BCUT2D eigenvalue weighted by Crippen LogP contribution is -2.45. The molecular weight excluding hydrogens is 182 g/mol. The maximum absolute atomic E-state index is 10.8. The van der Waals surface area contributed by atoms with E-state index in [0.717, 1.165) is 13.1 Å². The second-order valence-corrected chi connectivity index (χ2v) is 3.79. The van der Waals surface area contributed by atoms with Crippen LogP contribution in [0.25, 0.3) is 0 Å². The third-order valence-electron chi connectivity index (χ3n) is 2.51. The lowest BCUT2D eigenvalue weighted by Gasteiger charge is -2.36. The van der Waals surface area contributed by atoms with Gasteiger partial charge in [-0.05, 0) is 13.1 Å². The zero-order valence-electron chi connectivity index (χ0n) is 8.05. The zero-order valence-corrected chi connectivity index (χ0v) is 8.05. The molecule has 1 saturated heterocycles. The van der Waals surface area contributed by atoms with Crippen molar-refractivity contribution in [2.24, 2.45) is 5.92 Å². The molecule has 76 valence electrons. The molecule has 1 aromatic heterocycles. The van der Waals surface area contributed by atoms with Gasteiger partial charge >= 0.3 is 5.97 Å². The van der Waals surface area contributed by atoms with Gasteiger partial charge in [-0.15, -0.1) is 0 Å². The maximum Gasteiger partial charge on any atom is 0.354 e. The molecule has 0 bridgehead atoms. The molecule has 0 amide bonds. The normalized spacial score (nSPS) is 18.1. The van der Waals surface area contributed by atoms with Gasteiger partial charge in [0.25, 0.3) is 0 Å². The van der Waals surface area contributed by atoms with Gasteiger partial charge in [-0.25, -0.2) is 4.79 Å². The highest BCUT2D eigenvalue weighted by molar-refractivity contribution is 5.85. The van der Waals surface area contributed by atoms with E-state index in [1.54, 1.807) is 4.68 Å². The Morgan fingerprint density at radius 2 is 2.43 bits per heavy atom. The third-order valence-corrected chi connectivity index (χ3v) is 2.51. The van der Waals surface area contributed by atoms with E-state index < -0.39 is 5.97 Å². The van der Waals surface area contributed by atoms with Gasteiger partial charge in [0.2, 0.25) is 0 Å². The summed E-state index contributed by atoms with van der Waals surface area (Å²) in [7, 11) is 2.05. The van der Waals surface area contributed by atoms with Crippen LogP contribution in [0.1, 0.15) is 10.5 Å². The quantitative estimate of drug-likeness (QED) is 0.745. The van der Waals surface area contributed by atoms with Crippen LogP contribution in [0.5, 0.6) is 0 Å². The number of carbonyl (C=O) groups is 1. The summed E-state index contributed by atoms with van der Waals surface area (Å²) in [5.74, 6) is -0.367. The molecule has 14 heavy (non-hydrogen) atoms. The first-order valence-electron chi connectivity index (χ1n) is 4.60. The Balaban J connectivity index is 2.02. The topological polar surface area (TPSA) is 58.4 Å². The van der Waals surface area contributed by atoms with E-state index in [9.17, 15) is 4.79 Å². The molecule has 5 nitrogen and oxygen atoms in total. The van der Waals surface area contributed by atoms with Crippen molar-refractivity contribution in [3.63, 3.8) is 0 Å². The first-order chi connectivity index (χ1) is 6.66. The van der Waals surface area contributed by atoms with Gasteiger partial charge in [-0.3, -0.25) is 4.68 Å². The fraction of sp³-hybridized carbons (Fsp3) is 0.556. The number of rotatable bonds is 3. The minimum Gasteiger partial charge on any atom is -0.477 e. The van der Waals surface area contributed by atoms with Crippen molar-refractivity contribution < 1.29 is 9.90 Å². The van der Waals surface area contributed by atoms with Crippen molar-refractivity contribution >= 4 is 5.97 Å². The predicted octanol–water partition coefficient (Wildman–Crippen LogP) is 0.143. The van der Waals surface area contributed by atoms with Crippen LogP contribution in [-0.4, -0.2) is 45.9 Å². The second kappa shape index (κ2) is 3.42. The van der Waals surface area contributed by atoms with Crippen molar-refractivity contribution in [3.8, 4) is 0 Å². The molecule has 0 aliphatic carbocycles. The average Bonchev–Trinajstić information content (AvgIpc) is 2.49. The Hall–Kier alpha value is -1.36. The Bertz CT molecular complexity index is 342. The Morgan fingerprint density at radius 3 is 3.00 bits per heavy atom. The van der Waals surface area contributed by atoms with Gasteiger partial charge in [0.15, 0.2) is 0 Å². The summed E-state index contributed by atoms with van der Waals surface area (Å²) in [6, 6.07) is 1.53. The van der Waals surface area contributed by atoms with Crippen molar-refractivity contribution in [2.75, 3.05) is 20.1 Å². The van der Waals surface area contributed by atoms with Gasteiger partial charge < -0.3 is 10.0 Å². The fourth-order valence-corrected chi connectivity index (χ4v) is 1.85. The van der Waals surface area contributed by atoms with E-state index in [1.165, 1.54) is 12.3 Å². The molecule has 0 radical (unpaired) electrons. The predicted molar refractivity (Wildman–Crippen MR) is 50.2 cm³/mol. The van der Waals surface area contributed by atoms with E-state index >= 15 is 0 Å². The van der Waals surface area contributed by atoms with Crippen molar-refractivity contribution in [1.82, 2.24) is 14.7 Å². The lowest BCUT2D eigenvalue weighted by atomic mass is 10.0. The molecule has 0 saturated carbocycles. The van der Waals surface area contributed by atoms with Gasteiger partial charge in [-0.1, -0.05) is 0 Å². The van der Waals surface area contributed by atoms with Gasteiger partial charge in [-0.2, -0.15) is 5.10 Å². The van der Waals surface area contributed by atoms with Crippen molar-refractivity contribution in [3.05, 3.63) is 18.0 Å². The standard InChI is InChI=1S/C9H13N3O2/c1-11-4-7(5-11)6-12-8(9(13)14)2-3-10-12/h2-3,7H,4-6H2,1H3,(H,13,14). The molecule has 2 heterocycles. The average molecular weight is 195 g/mol. The second-order valence-electron chi connectivity index (χ2n) is 3.79. The Labute approximate surface area is 81.9 Å². The van der Waals surface area contributed by atoms with E-state index in [1.807, 2.05) is 0 Å². The molecule has 2 rings (SSSR count). The summed E-state index contributed by atoms with van der Waals surface area (Å²) in [5, 5.41) is 12.8. The molecule has 0 unspecified atom stereocenters. The van der Waals surface area contributed by atoms with Crippen LogP contribution in [0.15, 0.2) is 12.3 Å². The Kier molecular flexibility index (Phi) is 2.25. The van der Waals surface area contributed by atoms with Crippen LogP contribution < -0.4 is 0 Å². The van der Waals surface area contributed by atoms with E-state index in [-0.39, 0.29) is 5.69 Å². The molecule has 0 aromatic carbocycles. The Morgan fingerprint density at radius 1 is 1.71 bits per heavy atom. The summed E-state index contributed by atoms with van der Waals surface area (Å²) in [6.45, 7) is 2.76. The van der Waals surface area contributed by atoms with Gasteiger partial charge in [0.1, 0.15) is 5.69 Å². The fourth-order valence-electron chi connectivity index (χ4n) is 1.85. The number of carboxylic acids is 1. The van der Waals surface area contributed by atoms with Crippen molar-refractivity contribution in [2.45, 2.75) is 6.54 Å². The summed E-state index contributed by atoms with van der Waals surface area (Å²) in [5.41, 5.74) is 0.277. The number of aromatic nitrogens is 2. The zero-order chi connectivity index (χ0) is 10.1. The van der Waals surface area contributed by atoms with E-state index in [4.69, 9.17) is 5.11 Å². The van der Waals surface area contributed by atoms with E-state index in [0.29, 0.717) is 12.5 Å². The van der Waals surface area contributed by atoms with Crippen LogP contribution in [0, 0.1) is 5.92 Å². The molecule has 1 N–H and O–H groups in total. The molecule has 1 fully saturated rings. The lowest BCUT2D eigenvalue weighted by molar-refractivity contribution is 0.0672. The van der Waals surface area contributed by atoms with Crippen molar-refractivity contribution in [1.29, 1.82) is 0 Å². The number of aromatic carboxylic acids is 1.